The molecule has 5 N–H and O–H groups in total. The molecule has 1 saturated heterocycles. The molecule has 2 aliphatic heterocycles. The molecule has 36 heavy (non-hydrogen) atoms. The summed E-state index contributed by atoms with van der Waals surface area (Å²) in [7, 11) is 0. The van der Waals surface area contributed by atoms with Crippen molar-refractivity contribution in [2.75, 3.05) is 18.0 Å². The molecule has 1 unspecified atom stereocenters. The number of nitrogens with one attached hydrogen (secondary N) is 2. The van der Waals surface area contributed by atoms with Gasteiger partial charge in [0.1, 0.15) is 16.8 Å². The summed E-state index contributed by atoms with van der Waals surface area (Å²) in [4.78, 5) is 23.1. The molecule has 4 aromatic rings. The van der Waals surface area contributed by atoms with Crippen LogP contribution < -0.4 is 20.9 Å². The maximum Gasteiger partial charge on any atom is 0.264 e. The van der Waals surface area contributed by atoms with E-state index in [1.165, 1.54) is 11.1 Å². The molecule has 3 aliphatic rings. The molecule has 182 valence electrons. The molecule has 1 fully saturated rings. The van der Waals surface area contributed by atoms with Crippen LogP contribution in [0.3, 0.4) is 0 Å². The molecule has 0 saturated carbocycles. The first-order valence-corrected chi connectivity index (χ1v) is 12.3. The van der Waals surface area contributed by atoms with Gasteiger partial charge in [0, 0.05) is 30.3 Å². The Hall–Kier alpha value is -3.95. The van der Waals surface area contributed by atoms with Crippen LogP contribution in [0.1, 0.15) is 41.3 Å². The van der Waals surface area contributed by atoms with Gasteiger partial charge in [-0.25, -0.2) is 0 Å². The Morgan fingerprint density at radius 1 is 1.11 bits per heavy atom. The zero-order valence-electron chi connectivity index (χ0n) is 19.6. The molecular weight excluding hydrogens is 456 g/mol. The lowest BCUT2D eigenvalue weighted by molar-refractivity contribution is 0.0226. The Morgan fingerprint density at radius 3 is 2.72 bits per heavy atom. The maximum absolute atomic E-state index is 13.3. The van der Waals surface area contributed by atoms with Gasteiger partial charge in [0.15, 0.2) is 5.65 Å². The van der Waals surface area contributed by atoms with Crippen molar-refractivity contribution in [3.63, 3.8) is 0 Å². The summed E-state index contributed by atoms with van der Waals surface area (Å²) in [6.07, 6.45) is 3.29. The van der Waals surface area contributed by atoms with Crippen LogP contribution in [-0.4, -0.2) is 44.7 Å². The summed E-state index contributed by atoms with van der Waals surface area (Å²) in [6, 6.07) is 15.9. The van der Waals surface area contributed by atoms with Crippen LogP contribution in [0.4, 0.5) is 5.95 Å². The molecule has 2 atom stereocenters. The van der Waals surface area contributed by atoms with Crippen LogP contribution in [0.2, 0.25) is 0 Å². The van der Waals surface area contributed by atoms with Gasteiger partial charge in [0.25, 0.3) is 5.56 Å². The third kappa shape index (κ3) is 3.13. The number of nitrogens with zero attached hydrogens (tertiary/aromatic N) is 3. The summed E-state index contributed by atoms with van der Waals surface area (Å²) in [5.41, 5.74) is 11.3. The van der Waals surface area contributed by atoms with Crippen molar-refractivity contribution in [2.24, 2.45) is 11.1 Å². The van der Waals surface area contributed by atoms with E-state index < -0.39 is 6.29 Å². The monoisotopic (exact) mass is 482 g/mol. The predicted octanol–water partition coefficient (Wildman–Crippen LogP) is 2.63. The van der Waals surface area contributed by atoms with Gasteiger partial charge in [-0.2, -0.15) is 10.1 Å². The number of anilines is 1. The minimum Gasteiger partial charge on any atom is -0.461 e. The maximum atomic E-state index is 13.3. The Labute approximate surface area is 206 Å². The van der Waals surface area contributed by atoms with Gasteiger partial charge in [-0.1, -0.05) is 42.5 Å². The van der Waals surface area contributed by atoms with E-state index in [0.717, 1.165) is 37.9 Å². The van der Waals surface area contributed by atoms with Crippen molar-refractivity contribution in [2.45, 2.75) is 31.6 Å². The molecule has 9 nitrogen and oxygen atoms in total. The number of aromatic nitrogens is 4. The average Bonchev–Trinajstić information content (AvgIpc) is 3.44. The Morgan fingerprint density at radius 2 is 1.89 bits per heavy atom. The third-order valence-electron chi connectivity index (χ3n) is 8.06. The standard InChI is InChI=1S/C27H26N6O3/c28-23-16-6-2-1-5-15(16)14-27(23)9-11-33(12-10-27)26-29-24-21(25(35)30-26)22(31-32-24)18-13-20(34)36-19-8-4-3-7-17(18)19/h1-8,13,20,23,34H,9-12,14,28H2,(H2,29,30,31,32,35)/t20?,23-/m1/s1. The molecule has 4 heterocycles. The van der Waals surface area contributed by atoms with Crippen LogP contribution in [0.5, 0.6) is 5.75 Å². The molecule has 9 heteroatoms. The van der Waals surface area contributed by atoms with Gasteiger partial charge in [-0.3, -0.25) is 14.9 Å². The van der Waals surface area contributed by atoms with Gasteiger partial charge < -0.3 is 20.5 Å². The summed E-state index contributed by atoms with van der Waals surface area (Å²) < 4.78 is 5.49. The number of nitrogens with two attached hydrogens (primary N) is 1. The fourth-order valence-electron chi connectivity index (χ4n) is 6.14. The van der Waals surface area contributed by atoms with Crippen molar-refractivity contribution in [1.82, 2.24) is 20.2 Å². The van der Waals surface area contributed by atoms with Gasteiger partial charge in [0.05, 0.1) is 0 Å². The lowest BCUT2D eigenvalue weighted by Crippen LogP contribution is -2.45. The second-order valence-corrected chi connectivity index (χ2v) is 9.97. The van der Waals surface area contributed by atoms with Gasteiger partial charge in [-0.15, -0.1) is 0 Å². The van der Waals surface area contributed by atoms with Crippen LogP contribution in [0.25, 0.3) is 16.6 Å². The number of H-pyrrole nitrogens is 2. The topological polar surface area (TPSA) is 133 Å². The van der Waals surface area contributed by atoms with Crippen molar-refractivity contribution in [3.8, 4) is 5.75 Å². The van der Waals surface area contributed by atoms with Crippen molar-refractivity contribution >= 4 is 22.6 Å². The van der Waals surface area contributed by atoms with E-state index in [2.05, 4.69) is 44.3 Å². The van der Waals surface area contributed by atoms with E-state index in [0.29, 0.717) is 34.0 Å². The molecule has 0 bridgehead atoms. The highest BCUT2D eigenvalue weighted by Gasteiger charge is 2.46. The lowest BCUT2D eigenvalue weighted by Gasteiger charge is -2.42. The van der Waals surface area contributed by atoms with Crippen molar-refractivity contribution < 1.29 is 9.84 Å². The van der Waals surface area contributed by atoms with Gasteiger partial charge in [-0.05, 0) is 47.9 Å². The lowest BCUT2D eigenvalue weighted by atomic mass is 9.73. The summed E-state index contributed by atoms with van der Waals surface area (Å²) in [5.74, 6) is 1.07. The number of hydrogen-bond donors (Lipinski definition) is 4. The fraction of sp³-hybridized carbons (Fsp3) is 0.296. The first-order chi connectivity index (χ1) is 17.5. The van der Waals surface area contributed by atoms with E-state index in [1.54, 1.807) is 12.1 Å². The molecule has 1 aliphatic carbocycles. The highest BCUT2D eigenvalue weighted by atomic mass is 16.6. The normalized spacial score (nSPS) is 22.3. The van der Waals surface area contributed by atoms with Crippen LogP contribution in [0, 0.1) is 5.41 Å². The molecule has 2 aromatic carbocycles. The summed E-state index contributed by atoms with van der Waals surface area (Å²) in [5, 5.41) is 17.9. The number of aliphatic hydroxyl groups is 1. The second kappa shape index (κ2) is 7.78. The first kappa shape index (κ1) is 21.3. The van der Waals surface area contributed by atoms with Crippen LogP contribution >= 0.6 is 0 Å². The van der Waals surface area contributed by atoms with Gasteiger partial charge in [0.2, 0.25) is 12.2 Å². The van der Waals surface area contributed by atoms with Crippen LogP contribution in [-0.2, 0) is 6.42 Å². The molecule has 0 amide bonds. The number of para-hydroxylation sites is 1. The quantitative estimate of drug-likeness (QED) is 0.345. The van der Waals surface area contributed by atoms with E-state index in [9.17, 15) is 9.90 Å². The fourth-order valence-corrected chi connectivity index (χ4v) is 6.14. The van der Waals surface area contributed by atoms with E-state index in [1.807, 2.05) is 18.2 Å². The Kier molecular flexibility index (Phi) is 4.61. The smallest absolute Gasteiger partial charge is 0.264 e. The number of aromatic amines is 2. The molecule has 2 aromatic heterocycles. The molecule has 0 radical (unpaired) electrons. The SMILES string of the molecule is N[C@@H]1c2ccccc2CC12CCN(c1nc3[nH]nc(C4=CC(O)Oc5ccccc54)c3c(=O)[nH]1)CC2. The number of benzene rings is 2. The molecular formula is C27H26N6O3. The molecule has 7 rings (SSSR count). The van der Waals surface area contributed by atoms with Crippen molar-refractivity contribution in [1.29, 1.82) is 0 Å². The second-order valence-electron chi connectivity index (χ2n) is 9.97. The number of aliphatic hydroxyl groups excluding tert-OH is 1. The highest BCUT2D eigenvalue weighted by Crippen LogP contribution is 2.50. The number of piperidine rings is 1. The minimum atomic E-state index is -1.12. The largest absolute Gasteiger partial charge is 0.461 e. The number of rotatable bonds is 2. The average molecular weight is 483 g/mol. The van der Waals surface area contributed by atoms with Crippen molar-refractivity contribution in [3.05, 3.63) is 87.3 Å². The minimum absolute atomic E-state index is 0.0338. The van der Waals surface area contributed by atoms with Crippen LogP contribution in [0.15, 0.2) is 59.4 Å². The Balaban J connectivity index is 1.19. The highest BCUT2D eigenvalue weighted by molar-refractivity contribution is 5.95. The number of ether oxygens (including phenoxy) is 1. The first-order valence-electron chi connectivity index (χ1n) is 12.3. The number of fused-ring (bicyclic) bond motifs is 3. The molecule has 1 spiro atoms. The summed E-state index contributed by atoms with van der Waals surface area (Å²) in [6.45, 7) is 1.53. The van der Waals surface area contributed by atoms with E-state index in [4.69, 9.17) is 15.5 Å². The predicted molar refractivity (Wildman–Crippen MR) is 136 cm³/mol. The van der Waals surface area contributed by atoms with E-state index >= 15 is 0 Å². The van der Waals surface area contributed by atoms with Gasteiger partial charge >= 0.3 is 0 Å². The number of hydrogen-bond acceptors (Lipinski definition) is 7. The zero-order chi connectivity index (χ0) is 24.4. The Bertz CT molecular complexity index is 1580. The van der Waals surface area contributed by atoms with E-state index in [-0.39, 0.29) is 17.0 Å². The third-order valence-corrected chi connectivity index (χ3v) is 8.06. The summed E-state index contributed by atoms with van der Waals surface area (Å²) >= 11 is 0. The zero-order valence-corrected chi connectivity index (χ0v) is 19.6.